The second-order valence-corrected chi connectivity index (χ2v) is 5.01. The number of pyridine rings is 1. The first kappa shape index (κ1) is 10.3. The Kier molecular flexibility index (Phi) is 2.55. The first-order valence-electron chi connectivity index (χ1n) is 5.56. The van der Waals surface area contributed by atoms with Gasteiger partial charge in [0.1, 0.15) is 5.82 Å². The number of anilines is 2. The van der Waals surface area contributed by atoms with Crippen LogP contribution in [-0.4, -0.2) is 11.0 Å². The molecule has 1 unspecified atom stereocenters. The van der Waals surface area contributed by atoms with Gasteiger partial charge in [0, 0.05) is 12.2 Å². The molecule has 0 aliphatic heterocycles. The molecule has 2 rings (SSSR count). The van der Waals surface area contributed by atoms with Crippen LogP contribution in [0.3, 0.4) is 0 Å². The summed E-state index contributed by atoms with van der Waals surface area (Å²) in [6.07, 6.45) is 5.53. The highest BCUT2D eigenvalue weighted by Gasteiger charge is 2.34. The Hall–Kier alpha value is -1.25. The smallest absolute Gasteiger partial charge is 0.146 e. The van der Waals surface area contributed by atoms with Gasteiger partial charge in [-0.05, 0) is 30.4 Å². The zero-order chi connectivity index (χ0) is 10.9. The Bertz CT molecular complexity index is 346. The lowest BCUT2D eigenvalue weighted by atomic mass is 9.87. The van der Waals surface area contributed by atoms with Gasteiger partial charge in [-0.2, -0.15) is 0 Å². The summed E-state index contributed by atoms with van der Waals surface area (Å²) in [5.41, 5.74) is 7.15. The monoisotopic (exact) mass is 205 g/mol. The standard InChI is InChI=1S/C12H19N3/c1-12(2)7-3-6-10(12)15-9-5-4-8-14-11(9)13/h4-5,8,10,15H,3,6-7H2,1-2H3,(H2,13,14). The van der Waals surface area contributed by atoms with Gasteiger partial charge < -0.3 is 11.1 Å². The van der Waals surface area contributed by atoms with Crippen LogP contribution in [0.5, 0.6) is 0 Å². The van der Waals surface area contributed by atoms with Crippen LogP contribution in [0.2, 0.25) is 0 Å². The van der Waals surface area contributed by atoms with E-state index >= 15 is 0 Å². The van der Waals surface area contributed by atoms with E-state index in [0.717, 1.165) is 5.69 Å². The molecule has 1 saturated carbocycles. The first-order chi connectivity index (χ1) is 7.09. The minimum atomic E-state index is 0.363. The van der Waals surface area contributed by atoms with Gasteiger partial charge in [0.25, 0.3) is 0 Å². The summed E-state index contributed by atoms with van der Waals surface area (Å²) in [6, 6.07) is 4.43. The molecule has 0 bridgehead atoms. The summed E-state index contributed by atoms with van der Waals surface area (Å²) in [6.45, 7) is 4.62. The number of hydrogen-bond donors (Lipinski definition) is 2. The molecule has 3 nitrogen and oxygen atoms in total. The van der Waals surface area contributed by atoms with Crippen molar-refractivity contribution in [2.75, 3.05) is 11.1 Å². The molecule has 0 saturated heterocycles. The maximum atomic E-state index is 5.81. The largest absolute Gasteiger partial charge is 0.382 e. The lowest BCUT2D eigenvalue weighted by molar-refractivity contribution is 0.350. The minimum Gasteiger partial charge on any atom is -0.382 e. The molecule has 1 fully saturated rings. The molecule has 0 amide bonds. The number of nitrogens with two attached hydrogens (primary N) is 1. The molecule has 1 aromatic rings. The number of rotatable bonds is 2. The molecule has 82 valence electrons. The molecule has 1 heterocycles. The fourth-order valence-corrected chi connectivity index (χ4v) is 2.32. The van der Waals surface area contributed by atoms with Crippen molar-refractivity contribution in [3.8, 4) is 0 Å². The molecule has 1 aliphatic rings. The van der Waals surface area contributed by atoms with E-state index in [1.807, 2.05) is 12.1 Å². The normalized spacial score (nSPS) is 24.0. The summed E-state index contributed by atoms with van der Waals surface area (Å²) >= 11 is 0. The van der Waals surface area contributed by atoms with E-state index < -0.39 is 0 Å². The van der Waals surface area contributed by atoms with Crippen molar-refractivity contribution < 1.29 is 0 Å². The van der Waals surface area contributed by atoms with E-state index in [-0.39, 0.29) is 0 Å². The summed E-state index contributed by atoms with van der Waals surface area (Å²) < 4.78 is 0. The maximum absolute atomic E-state index is 5.81. The highest BCUT2D eigenvalue weighted by molar-refractivity contribution is 5.61. The first-order valence-corrected chi connectivity index (χ1v) is 5.56. The lowest BCUT2D eigenvalue weighted by Crippen LogP contribution is -2.31. The highest BCUT2D eigenvalue weighted by Crippen LogP contribution is 2.39. The van der Waals surface area contributed by atoms with Gasteiger partial charge in [-0.15, -0.1) is 0 Å². The van der Waals surface area contributed by atoms with Crippen LogP contribution >= 0.6 is 0 Å². The van der Waals surface area contributed by atoms with Crippen LogP contribution in [0.25, 0.3) is 0 Å². The predicted molar refractivity (Wildman–Crippen MR) is 63.7 cm³/mol. The number of nitrogens with zero attached hydrogens (tertiary/aromatic N) is 1. The van der Waals surface area contributed by atoms with Crippen LogP contribution < -0.4 is 11.1 Å². The predicted octanol–water partition coefficient (Wildman–Crippen LogP) is 2.65. The molecular weight excluding hydrogens is 186 g/mol. The van der Waals surface area contributed by atoms with Gasteiger partial charge in [-0.1, -0.05) is 20.3 Å². The number of nitrogens with one attached hydrogen (secondary N) is 1. The maximum Gasteiger partial charge on any atom is 0.146 e. The molecule has 1 aromatic heterocycles. The Morgan fingerprint density at radius 3 is 2.93 bits per heavy atom. The fourth-order valence-electron chi connectivity index (χ4n) is 2.32. The van der Waals surface area contributed by atoms with Gasteiger partial charge in [0.15, 0.2) is 0 Å². The number of hydrogen-bond acceptors (Lipinski definition) is 3. The van der Waals surface area contributed by atoms with Crippen molar-refractivity contribution in [3.05, 3.63) is 18.3 Å². The van der Waals surface area contributed by atoms with Gasteiger partial charge in [-0.3, -0.25) is 0 Å². The van der Waals surface area contributed by atoms with Crippen molar-refractivity contribution in [2.24, 2.45) is 5.41 Å². The van der Waals surface area contributed by atoms with E-state index in [1.165, 1.54) is 19.3 Å². The van der Waals surface area contributed by atoms with Crippen LogP contribution in [-0.2, 0) is 0 Å². The summed E-state index contributed by atoms with van der Waals surface area (Å²) in [5, 5.41) is 3.51. The van der Waals surface area contributed by atoms with Crippen molar-refractivity contribution >= 4 is 11.5 Å². The quantitative estimate of drug-likeness (QED) is 0.780. The number of aromatic nitrogens is 1. The van der Waals surface area contributed by atoms with Gasteiger partial charge in [0.05, 0.1) is 5.69 Å². The van der Waals surface area contributed by atoms with Gasteiger partial charge >= 0.3 is 0 Å². The molecule has 0 spiro atoms. The molecule has 1 atom stereocenters. The van der Waals surface area contributed by atoms with E-state index in [9.17, 15) is 0 Å². The van der Waals surface area contributed by atoms with E-state index in [2.05, 4.69) is 24.1 Å². The summed E-state index contributed by atoms with van der Waals surface area (Å²) in [4.78, 5) is 4.08. The SMILES string of the molecule is CC1(C)CCCC1Nc1cccnc1N. The Morgan fingerprint density at radius 2 is 2.33 bits per heavy atom. The van der Waals surface area contributed by atoms with Crippen LogP contribution in [0.15, 0.2) is 18.3 Å². The van der Waals surface area contributed by atoms with Crippen LogP contribution in [0.1, 0.15) is 33.1 Å². The molecule has 15 heavy (non-hydrogen) atoms. The average Bonchev–Trinajstić information content (AvgIpc) is 2.50. The lowest BCUT2D eigenvalue weighted by Gasteiger charge is -2.28. The van der Waals surface area contributed by atoms with Crippen molar-refractivity contribution in [2.45, 2.75) is 39.2 Å². The van der Waals surface area contributed by atoms with Crippen LogP contribution in [0, 0.1) is 5.41 Å². The van der Waals surface area contributed by atoms with E-state index in [1.54, 1.807) is 6.20 Å². The Morgan fingerprint density at radius 1 is 1.53 bits per heavy atom. The van der Waals surface area contributed by atoms with Gasteiger partial charge in [-0.25, -0.2) is 4.98 Å². The number of nitrogen functional groups attached to an aromatic ring is 1. The molecule has 0 aromatic carbocycles. The fraction of sp³-hybridized carbons (Fsp3) is 0.583. The summed E-state index contributed by atoms with van der Waals surface area (Å²) in [5.74, 6) is 0.597. The third kappa shape index (κ3) is 2.06. The molecule has 1 aliphatic carbocycles. The zero-order valence-electron chi connectivity index (χ0n) is 9.46. The zero-order valence-corrected chi connectivity index (χ0v) is 9.46. The summed E-state index contributed by atoms with van der Waals surface area (Å²) in [7, 11) is 0. The molecule has 3 N–H and O–H groups in total. The molecular formula is C12H19N3. The Balaban J connectivity index is 2.12. The van der Waals surface area contributed by atoms with Gasteiger partial charge in [0.2, 0.25) is 0 Å². The minimum absolute atomic E-state index is 0.363. The third-order valence-corrected chi connectivity index (χ3v) is 3.43. The second-order valence-electron chi connectivity index (χ2n) is 5.01. The third-order valence-electron chi connectivity index (χ3n) is 3.43. The van der Waals surface area contributed by atoms with Crippen molar-refractivity contribution in [1.29, 1.82) is 0 Å². The molecule has 0 radical (unpaired) electrons. The second kappa shape index (κ2) is 3.72. The Labute approximate surface area is 91.1 Å². The van der Waals surface area contributed by atoms with Crippen LogP contribution in [0.4, 0.5) is 11.5 Å². The topological polar surface area (TPSA) is 50.9 Å². The van der Waals surface area contributed by atoms with Crippen molar-refractivity contribution in [3.63, 3.8) is 0 Å². The molecule has 3 heteroatoms. The van der Waals surface area contributed by atoms with E-state index in [4.69, 9.17) is 5.73 Å². The average molecular weight is 205 g/mol. The van der Waals surface area contributed by atoms with E-state index in [0.29, 0.717) is 17.3 Å². The van der Waals surface area contributed by atoms with Crippen molar-refractivity contribution in [1.82, 2.24) is 4.98 Å². The highest BCUT2D eigenvalue weighted by atomic mass is 15.0.